The molecule has 0 aliphatic heterocycles. The van der Waals surface area contributed by atoms with Crippen LogP contribution in [0.2, 0.25) is 0 Å². The second kappa shape index (κ2) is 10.2. The summed E-state index contributed by atoms with van der Waals surface area (Å²) in [5.74, 6) is 1.65. The number of hydrogen-bond donors (Lipinski definition) is 3. The molecule has 4 N–H and O–H groups in total. The van der Waals surface area contributed by atoms with Gasteiger partial charge in [-0.2, -0.15) is 5.10 Å². The number of amidine groups is 1. The van der Waals surface area contributed by atoms with Gasteiger partial charge in [-0.1, -0.05) is 38.3 Å². The number of benzene rings is 1. The molecule has 3 rings (SSSR count). The van der Waals surface area contributed by atoms with Gasteiger partial charge in [-0.25, -0.2) is 0 Å². The highest BCUT2D eigenvalue weighted by Gasteiger charge is 2.18. The van der Waals surface area contributed by atoms with Gasteiger partial charge in [0.25, 0.3) is 0 Å². The molecule has 1 aromatic carbocycles. The Kier molecular flexibility index (Phi) is 7.43. The molecule has 0 fully saturated rings. The molecule has 5 heteroatoms. The lowest BCUT2D eigenvalue weighted by Crippen LogP contribution is -2.18. The first-order chi connectivity index (χ1) is 13.7. The van der Waals surface area contributed by atoms with E-state index in [-0.39, 0.29) is 0 Å². The highest BCUT2D eigenvalue weighted by molar-refractivity contribution is 6.10. The zero-order valence-corrected chi connectivity index (χ0v) is 17.0. The third-order valence-corrected chi connectivity index (χ3v) is 5.69. The number of nitrogens with zero attached hydrogens (tertiary/aromatic N) is 2. The van der Waals surface area contributed by atoms with Crippen LogP contribution >= 0.6 is 0 Å². The van der Waals surface area contributed by atoms with Crippen molar-refractivity contribution in [2.45, 2.75) is 51.4 Å². The molecular formula is C23H33N5. The summed E-state index contributed by atoms with van der Waals surface area (Å²) >= 11 is 0. The minimum absolute atomic E-state index is 0.813. The van der Waals surface area contributed by atoms with Crippen molar-refractivity contribution < 1.29 is 0 Å². The van der Waals surface area contributed by atoms with E-state index in [1.54, 1.807) is 0 Å². The van der Waals surface area contributed by atoms with Crippen LogP contribution in [0.4, 0.5) is 5.69 Å². The third kappa shape index (κ3) is 5.32. The van der Waals surface area contributed by atoms with Gasteiger partial charge in [-0.3, -0.25) is 10.1 Å². The molecule has 28 heavy (non-hydrogen) atoms. The monoisotopic (exact) mass is 379 g/mol. The number of allylic oxidation sites excluding steroid dienone is 1. The van der Waals surface area contributed by atoms with Crippen molar-refractivity contribution in [2.24, 2.45) is 16.6 Å². The number of nitrogens with one attached hydrogen (secondary N) is 2. The number of unbranched alkanes of at least 4 members (excludes halogenated alkanes) is 3. The van der Waals surface area contributed by atoms with Crippen LogP contribution in [0.5, 0.6) is 0 Å². The molecule has 5 nitrogen and oxygen atoms in total. The van der Waals surface area contributed by atoms with Crippen LogP contribution in [-0.2, 0) is 0 Å². The molecule has 1 unspecified atom stereocenters. The third-order valence-electron chi connectivity index (χ3n) is 5.69. The Bertz CT molecular complexity index is 846. The van der Waals surface area contributed by atoms with Gasteiger partial charge in [-0.15, -0.1) is 0 Å². The summed E-state index contributed by atoms with van der Waals surface area (Å²) in [4.78, 5) is 4.45. The summed E-state index contributed by atoms with van der Waals surface area (Å²) < 4.78 is 0. The van der Waals surface area contributed by atoms with Gasteiger partial charge in [0.1, 0.15) is 5.84 Å². The van der Waals surface area contributed by atoms with E-state index in [1.807, 2.05) is 25.4 Å². The largest absolute Gasteiger partial charge is 0.340 e. The first kappa shape index (κ1) is 20.3. The SMILES string of the molecule is C=C(C1=CCC(CCCCCCN)CC1)C(=NC)Nc1ccc2[nH]ncc2c1. The molecule has 0 saturated heterocycles. The van der Waals surface area contributed by atoms with E-state index in [0.717, 1.165) is 59.7 Å². The second-order valence-corrected chi connectivity index (χ2v) is 7.71. The Balaban J connectivity index is 1.53. The van der Waals surface area contributed by atoms with Crippen molar-refractivity contribution in [1.29, 1.82) is 0 Å². The summed E-state index contributed by atoms with van der Waals surface area (Å²) in [5, 5.41) is 11.6. The maximum absolute atomic E-state index is 5.57. The van der Waals surface area contributed by atoms with Crippen LogP contribution in [0.15, 0.2) is 53.2 Å². The predicted molar refractivity (Wildman–Crippen MR) is 120 cm³/mol. The van der Waals surface area contributed by atoms with Crippen LogP contribution in [0, 0.1) is 5.92 Å². The van der Waals surface area contributed by atoms with Gasteiger partial charge in [0.2, 0.25) is 0 Å². The van der Waals surface area contributed by atoms with E-state index in [0.29, 0.717) is 0 Å². The number of nitrogens with two attached hydrogens (primary N) is 1. The Morgan fingerprint density at radius 2 is 2.18 bits per heavy atom. The molecule has 0 bridgehead atoms. The number of aromatic nitrogens is 2. The summed E-state index contributed by atoms with van der Waals surface area (Å²) in [6, 6.07) is 6.14. The summed E-state index contributed by atoms with van der Waals surface area (Å²) in [6.45, 7) is 5.15. The van der Waals surface area contributed by atoms with Crippen molar-refractivity contribution in [3.8, 4) is 0 Å². The number of fused-ring (bicyclic) bond motifs is 1. The zero-order valence-electron chi connectivity index (χ0n) is 17.0. The van der Waals surface area contributed by atoms with Gasteiger partial charge in [0.15, 0.2) is 0 Å². The van der Waals surface area contributed by atoms with E-state index in [2.05, 4.69) is 39.2 Å². The summed E-state index contributed by atoms with van der Waals surface area (Å²) in [6.07, 6.45) is 14.1. The van der Waals surface area contributed by atoms with E-state index in [1.165, 1.54) is 37.7 Å². The minimum atomic E-state index is 0.813. The Hall–Kier alpha value is -2.40. The maximum atomic E-state index is 5.57. The van der Waals surface area contributed by atoms with E-state index < -0.39 is 0 Å². The van der Waals surface area contributed by atoms with Crippen LogP contribution in [0.25, 0.3) is 10.9 Å². The van der Waals surface area contributed by atoms with Gasteiger partial charge in [-0.05, 0) is 61.9 Å². The van der Waals surface area contributed by atoms with E-state index in [4.69, 9.17) is 5.73 Å². The van der Waals surface area contributed by atoms with Crippen molar-refractivity contribution in [1.82, 2.24) is 10.2 Å². The fourth-order valence-electron chi connectivity index (χ4n) is 3.93. The Morgan fingerprint density at radius 1 is 1.32 bits per heavy atom. The molecular weight excluding hydrogens is 346 g/mol. The van der Waals surface area contributed by atoms with Crippen LogP contribution in [-0.4, -0.2) is 29.6 Å². The quantitative estimate of drug-likeness (QED) is 0.318. The highest BCUT2D eigenvalue weighted by atomic mass is 15.1. The first-order valence-corrected chi connectivity index (χ1v) is 10.5. The molecule has 150 valence electrons. The number of aromatic amines is 1. The van der Waals surface area contributed by atoms with E-state index in [9.17, 15) is 0 Å². The average molecular weight is 380 g/mol. The lowest BCUT2D eigenvalue weighted by molar-refractivity contribution is 0.416. The van der Waals surface area contributed by atoms with Crippen molar-refractivity contribution in [3.05, 3.63) is 48.2 Å². The second-order valence-electron chi connectivity index (χ2n) is 7.71. The molecule has 1 aliphatic rings. The first-order valence-electron chi connectivity index (χ1n) is 10.5. The molecule has 0 radical (unpaired) electrons. The normalized spacial score (nSPS) is 17.6. The van der Waals surface area contributed by atoms with Gasteiger partial charge in [0.05, 0.1) is 11.7 Å². The summed E-state index contributed by atoms with van der Waals surface area (Å²) in [5.41, 5.74) is 9.94. The maximum Gasteiger partial charge on any atom is 0.132 e. The Labute approximate surface area is 168 Å². The molecule has 1 aliphatic carbocycles. The number of anilines is 1. The van der Waals surface area contributed by atoms with Crippen LogP contribution in [0.1, 0.15) is 51.4 Å². The fraction of sp³-hybridized carbons (Fsp3) is 0.478. The molecule has 1 aromatic heterocycles. The van der Waals surface area contributed by atoms with Crippen LogP contribution in [0.3, 0.4) is 0 Å². The molecule has 0 amide bonds. The molecule has 1 atom stereocenters. The van der Waals surface area contributed by atoms with Crippen molar-refractivity contribution in [2.75, 3.05) is 18.9 Å². The van der Waals surface area contributed by atoms with Crippen molar-refractivity contribution >= 4 is 22.4 Å². The average Bonchev–Trinajstić information content (AvgIpc) is 3.20. The molecule has 0 saturated carbocycles. The van der Waals surface area contributed by atoms with Gasteiger partial charge >= 0.3 is 0 Å². The zero-order chi connectivity index (χ0) is 19.8. The van der Waals surface area contributed by atoms with Gasteiger partial charge in [0, 0.05) is 23.7 Å². The molecule has 2 aromatic rings. The molecule has 1 heterocycles. The number of hydrogen-bond acceptors (Lipinski definition) is 3. The minimum Gasteiger partial charge on any atom is -0.340 e. The Morgan fingerprint density at radius 3 is 2.93 bits per heavy atom. The number of H-pyrrole nitrogens is 1. The van der Waals surface area contributed by atoms with E-state index >= 15 is 0 Å². The number of rotatable bonds is 9. The van der Waals surface area contributed by atoms with Crippen LogP contribution < -0.4 is 11.1 Å². The topological polar surface area (TPSA) is 79.1 Å². The number of aliphatic imine (C=N–C) groups is 1. The lowest BCUT2D eigenvalue weighted by atomic mass is 9.83. The fourth-order valence-corrected chi connectivity index (χ4v) is 3.93. The summed E-state index contributed by atoms with van der Waals surface area (Å²) in [7, 11) is 1.82. The van der Waals surface area contributed by atoms with Gasteiger partial charge < -0.3 is 11.1 Å². The predicted octanol–water partition coefficient (Wildman–Crippen LogP) is 5.20. The standard InChI is InChI=1S/C23H33N5/c1-17(19-10-8-18(9-11-19)7-5-3-4-6-14-24)23(25-2)27-21-12-13-22-20(15-21)16-26-28-22/h10,12-13,15-16,18H,1,3-9,11,14,24H2,2H3,(H,25,27)(H,26,28). The highest BCUT2D eigenvalue weighted by Crippen LogP contribution is 2.31. The molecule has 0 spiro atoms. The van der Waals surface area contributed by atoms with Crippen molar-refractivity contribution in [3.63, 3.8) is 0 Å². The lowest BCUT2D eigenvalue weighted by Gasteiger charge is -2.24. The smallest absolute Gasteiger partial charge is 0.132 e.